The Balaban J connectivity index is 1.47. The molecule has 1 aromatic carbocycles. The third-order valence-corrected chi connectivity index (χ3v) is 5.85. The summed E-state index contributed by atoms with van der Waals surface area (Å²) in [5, 5.41) is 13.4. The summed E-state index contributed by atoms with van der Waals surface area (Å²) in [6.45, 7) is 1.31. The van der Waals surface area contributed by atoms with Gasteiger partial charge in [-0.2, -0.15) is 0 Å². The average Bonchev–Trinajstić information content (AvgIpc) is 2.91. The maximum Gasteiger partial charge on any atom is 0.269 e. The Hall–Kier alpha value is -3.03. The number of hydrogen-bond acceptors (Lipinski definition) is 5. The molecule has 2 bridgehead atoms. The van der Waals surface area contributed by atoms with Crippen LogP contribution in [0.5, 0.6) is 0 Å². The number of benzene rings is 1. The van der Waals surface area contributed by atoms with Crippen molar-refractivity contribution in [2.45, 2.75) is 19.8 Å². The van der Waals surface area contributed by atoms with Crippen LogP contribution in [-0.4, -0.2) is 34.1 Å². The Morgan fingerprint density at radius 1 is 1.19 bits per heavy atom. The maximum absolute atomic E-state index is 12.7. The summed E-state index contributed by atoms with van der Waals surface area (Å²) >= 11 is 0. The number of aryl methyl sites for hydroxylation is 1. The molecule has 27 heavy (non-hydrogen) atoms. The minimum Gasteiger partial charge on any atom is -0.324 e. The molecular weight excluding hydrogens is 350 g/mol. The molecule has 1 heterocycles. The van der Waals surface area contributed by atoms with Gasteiger partial charge in [0.15, 0.2) is 0 Å². The molecule has 1 N–H and O–H groups in total. The SMILES string of the molecule is Cc1cc([N+](=O)[O-])ccc1NC(=O)CN1C(=O)[C@H]2[C@H](C1=O)[C@H]1C=C[C@H]2CC1. The number of nitro groups is 1. The van der Waals surface area contributed by atoms with Gasteiger partial charge in [0.1, 0.15) is 6.54 Å². The first kappa shape index (κ1) is 17.4. The second-order valence-electron chi connectivity index (χ2n) is 7.41. The fraction of sp³-hybridized carbons (Fsp3) is 0.421. The second kappa shape index (κ2) is 6.29. The molecule has 3 amide bonds. The second-order valence-corrected chi connectivity index (χ2v) is 7.41. The number of hydrogen-bond donors (Lipinski definition) is 1. The predicted molar refractivity (Wildman–Crippen MR) is 95.5 cm³/mol. The van der Waals surface area contributed by atoms with E-state index in [1.54, 1.807) is 6.92 Å². The number of allylic oxidation sites excluding steroid dienone is 2. The van der Waals surface area contributed by atoms with E-state index < -0.39 is 10.8 Å². The third kappa shape index (κ3) is 2.81. The number of fused-ring (bicyclic) bond motifs is 1. The summed E-state index contributed by atoms with van der Waals surface area (Å²) in [4.78, 5) is 49.2. The monoisotopic (exact) mass is 369 g/mol. The van der Waals surface area contributed by atoms with Gasteiger partial charge in [-0.3, -0.25) is 29.4 Å². The number of likely N-dealkylation sites (tertiary alicyclic amines) is 1. The smallest absolute Gasteiger partial charge is 0.269 e. The first-order valence-electron chi connectivity index (χ1n) is 8.95. The zero-order valence-corrected chi connectivity index (χ0v) is 14.8. The van der Waals surface area contributed by atoms with Gasteiger partial charge >= 0.3 is 0 Å². The molecule has 0 unspecified atom stereocenters. The highest BCUT2D eigenvalue weighted by molar-refractivity contribution is 6.09. The van der Waals surface area contributed by atoms with Crippen LogP contribution in [0.3, 0.4) is 0 Å². The Morgan fingerprint density at radius 3 is 2.26 bits per heavy atom. The van der Waals surface area contributed by atoms with Crippen LogP contribution in [0.1, 0.15) is 18.4 Å². The molecule has 8 heteroatoms. The normalized spacial score (nSPS) is 28.4. The molecule has 1 aromatic rings. The summed E-state index contributed by atoms with van der Waals surface area (Å²) in [6.07, 6.45) is 5.88. The Labute approximate surface area is 155 Å². The number of non-ortho nitro benzene ring substituents is 1. The number of nitro benzene ring substituents is 1. The fourth-order valence-corrected chi connectivity index (χ4v) is 4.53. The summed E-state index contributed by atoms with van der Waals surface area (Å²) in [5.74, 6) is -1.53. The van der Waals surface area contributed by atoms with Gasteiger partial charge in [-0.15, -0.1) is 0 Å². The lowest BCUT2D eigenvalue weighted by Crippen LogP contribution is -2.38. The van der Waals surface area contributed by atoms with Gasteiger partial charge in [-0.1, -0.05) is 12.2 Å². The Morgan fingerprint density at radius 2 is 1.78 bits per heavy atom. The fourth-order valence-electron chi connectivity index (χ4n) is 4.53. The van der Waals surface area contributed by atoms with Crippen molar-refractivity contribution in [3.63, 3.8) is 0 Å². The van der Waals surface area contributed by atoms with Crippen LogP contribution in [-0.2, 0) is 14.4 Å². The number of carbonyl (C=O) groups excluding carboxylic acids is 3. The lowest BCUT2D eigenvalue weighted by molar-refractivity contribution is -0.384. The van der Waals surface area contributed by atoms with E-state index in [0.717, 1.165) is 17.7 Å². The molecule has 3 aliphatic carbocycles. The maximum atomic E-state index is 12.7. The van der Waals surface area contributed by atoms with E-state index >= 15 is 0 Å². The van der Waals surface area contributed by atoms with Gasteiger partial charge < -0.3 is 5.32 Å². The number of imide groups is 1. The van der Waals surface area contributed by atoms with Crippen molar-refractivity contribution in [2.75, 3.05) is 11.9 Å². The van der Waals surface area contributed by atoms with Crippen LogP contribution >= 0.6 is 0 Å². The molecule has 0 aromatic heterocycles. The van der Waals surface area contributed by atoms with Crippen LogP contribution in [0.15, 0.2) is 30.4 Å². The molecule has 5 rings (SSSR count). The molecule has 1 aliphatic heterocycles. The minimum absolute atomic E-state index is 0.0672. The minimum atomic E-state index is -0.510. The number of nitrogens with one attached hydrogen (secondary N) is 1. The van der Waals surface area contributed by atoms with Crippen LogP contribution in [0.25, 0.3) is 0 Å². The van der Waals surface area contributed by atoms with Crippen LogP contribution in [0, 0.1) is 40.7 Å². The molecule has 4 atom stereocenters. The Bertz CT molecular complexity index is 861. The molecule has 4 aliphatic rings. The third-order valence-electron chi connectivity index (χ3n) is 5.85. The molecule has 140 valence electrons. The van der Waals surface area contributed by atoms with Crippen molar-refractivity contribution in [3.8, 4) is 0 Å². The summed E-state index contributed by atoms with van der Waals surface area (Å²) in [7, 11) is 0. The Kier molecular flexibility index (Phi) is 4.05. The van der Waals surface area contributed by atoms with E-state index in [4.69, 9.17) is 0 Å². The molecule has 1 saturated heterocycles. The first-order chi connectivity index (χ1) is 12.9. The first-order valence-corrected chi connectivity index (χ1v) is 8.95. The topological polar surface area (TPSA) is 110 Å². The number of rotatable bonds is 4. The molecule has 1 saturated carbocycles. The van der Waals surface area contributed by atoms with Gasteiger partial charge in [0.05, 0.1) is 16.8 Å². The van der Waals surface area contributed by atoms with Crippen molar-refractivity contribution >= 4 is 29.1 Å². The molecular formula is C19H19N3O5. The van der Waals surface area contributed by atoms with Gasteiger partial charge in [-0.05, 0) is 43.2 Å². The lowest BCUT2D eigenvalue weighted by Gasteiger charge is -2.38. The van der Waals surface area contributed by atoms with Crippen LogP contribution in [0.2, 0.25) is 0 Å². The summed E-state index contributed by atoms with van der Waals surface area (Å²) in [6, 6.07) is 4.11. The highest BCUT2D eigenvalue weighted by atomic mass is 16.6. The quantitative estimate of drug-likeness (QED) is 0.378. The summed E-state index contributed by atoms with van der Waals surface area (Å²) in [5.41, 5.74) is 0.888. The zero-order valence-electron chi connectivity index (χ0n) is 14.8. The zero-order chi connectivity index (χ0) is 19.3. The molecule has 0 spiro atoms. The van der Waals surface area contributed by atoms with Crippen LogP contribution < -0.4 is 5.32 Å². The molecule has 0 radical (unpaired) electrons. The van der Waals surface area contributed by atoms with Gasteiger partial charge in [-0.25, -0.2) is 0 Å². The van der Waals surface area contributed by atoms with Gasteiger partial charge in [0, 0.05) is 17.8 Å². The largest absolute Gasteiger partial charge is 0.324 e. The van der Waals surface area contributed by atoms with E-state index in [0.29, 0.717) is 11.3 Å². The van der Waals surface area contributed by atoms with E-state index in [1.165, 1.54) is 18.2 Å². The predicted octanol–water partition coefficient (Wildman–Crippen LogP) is 2.04. The van der Waals surface area contributed by atoms with Crippen molar-refractivity contribution in [2.24, 2.45) is 23.7 Å². The average molecular weight is 369 g/mol. The lowest BCUT2D eigenvalue weighted by atomic mass is 9.63. The van der Waals surface area contributed by atoms with E-state index in [2.05, 4.69) is 5.32 Å². The molecule has 8 nitrogen and oxygen atoms in total. The number of nitrogens with zero attached hydrogens (tertiary/aromatic N) is 2. The van der Waals surface area contributed by atoms with Crippen molar-refractivity contribution in [1.82, 2.24) is 4.90 Å². The van der Waals surface area contributed by atoms with Gasteiger partial charge in [0.25, 0.3) is 5.69 Å². The van der Waals surface area contributed by atoms with Crippen molar-refractivity contribution in [3.05, 3.63) is 46.0 Å². The van der Waals surface area contributed by atoms with Crippen molar-refractivity contribution in [1.29, 1.82) is 0 Å². The number of amides is 3. The standard InChI is InChI=1S/C19H19N3O5/c1-10-8-13(22(26)27)6-7-14(10)20-15(23)9-21-18(24)16-11-2-3-12(5-4-11)17(16)19(21)25/h2-3,6-8,11-12,16-17H,4-5,9H2,1H3,(H,20,23)/t11-,12-,16+,17+/m0/s1. The van der Waals surface area contributed by atoms with E-state index in [1.807, 2.05) is 12.2 Å². The van der Waals surface area contributed by atoms with E-state index in [9.17, 15) is 24.5 Å². The molecule has 2 fully saturated rings. The van der Waals surface area contributed by atoms with E-state index in [-0.39, 0.29) is 47.7 Å². The van der Waals surface area contributed by atoms with Gasteiger partial charge in [0.2, 0.25) is 17.7 Å². The number of anilines is 1. The highest BCUT2D eigenvalue weighted by Gasteiger charge is 2.56. The van der Waals surface area contributed by atoms with Crippen LogP contribution in [0.4, 0.5) is 11.4 Å². The summed E-state index contributed by atoms with van der Waals surface area (Å²) < 4.78 is 0. The van der Waals surface area contributed by atoms with Crippen molar-refractivity contribution < 1.29 is 19.3 Å². The number of carbonyl (C=O) groups is 3. The highest BCUT2D eigenvalue weighted by Crippen LogP contribution is 2.49.